The first-order valence-corrected chi connectivity index (χ1v) is 5.16. The quantitative estimate of drug-likeness (QED) is 0.742. The molecule has 1 atom stereocenters. The largest absolute Gasteiger partial charge is 0.383 e. The summed E-state index contributed by atoms with van der Waals surface area (Å²) in [7, 11) is 0. The number of hydrogen-bond acceptors (Lipinski definition) is 2. The van der Waals surface area contributed by atoms with Crippen molar-refractivity contribution in [2.75, 3.05) is 13.2 Å². The lowest BCUT2D eigenvalue weighted by Crippen LogP contribution is -2.25. The van der Waals surface area contributed by atoms with Crippen molar-refractivity contribution in [1.82, 2.24) is 4.98 Å². The molecule has 2 N–H and O–H groups in total. The van der Waals surface area contributed by atoms with E-state index in [1.54, 1.807) is 0 Å². The molecule has 1 aliphatic rings. The lowest BCUT2D eigenvalue weighted by atomic mass is 9.90. The zero-order chi connectivity index (χ0) is 10.3. The van der Waals surface area contributed by atoms with Crippen molar-refractivity contribution >= 4 is 10.9 Å². The van der Waals surface area contributed by atoms with E-state index >= 15 is 0 Å². The molecule has 1 saturated heterocycles. The first kappa shape index (κ1) is 8.95. The molecule has 3 nitrogen and oxygen atoms in total. The van der Waals surface area contributed by atoms with Crippen molar-refractivity contribution in [1.29, 1.82) is 0 Å². The van der Waals surface area contributed by atoms with Crippen LogP contribution in [0.4, 0.5) is 0 Å². The molecule has 1 unspecified atom stereocenters. The maximum Gasteiger partial charge on any atom is 0.116 e. The van der Waals surface area contributed by atoms with Crippen LogP contribution in [0, 0.1) is 0 Å². The molecule has 0 radical (unpaired) electrons. The van der Waals surface area contributed by atoms with Gasteiger partial charge in [-0.05, 0) is 17.7 Å². The monoisotopic (exact) mass is 203 g/mol. The highest BCUT2D eigenvalue weighted by Gasteiger charge is 2.35. The minimum atomic E-state index is -0.804. The summed E-state index contributed by atoms with van der Waals surface area (Å²) in [5.41, 5.74) is 1.23. The first-order chi connectivity index (χ1) is 7.30. The Hall–Kier alpha value is -1.32. The van der Waals surface area contributed by atoms with E-state index in [1.807, 2.05) is 30.5 Å². The van der Waals surface area contributed by atoms with Crippen molar-refractivity contribution < 1.29 is 9.84 Å². The van der Waals surface area contributed by atoms with Gasteiger partial charge < -0.3 is 14.8 Å². The predicted molar refractivity (Wildman–Crippen MR) is 57.6 cm³/mol. The van der Waals surface area contributed by atoms with Crippen LogP contribution < -0.4 is 0 Å². The fourth-order valence-electron chi connectivity index (χ4n) is 2.26. The van der Waals surface area contributed by atoms with Crippen LogP contribution in [0.2, 0.25) is 0 Å². The minimum Gasteiger partial charge on any atom is -0.383 e. The molecule has 2 aromatic rings. The molecule has 15 heavy (non-hydrogen) atoms. The van der Waals surface area contributed by atoms with E-state index < -0.39 is 5.60 Å². The van der Waals surface area contributed by atoms with E-state index in [9.17, 15) is 5.11 Å². The zero-order valence-electron chi connectivity index (χ0n) is 8.36. The van der Waals surface area contributed by atoms with Crippen LogP contribution in [0.15, 0.2) is 30.5 Å². The van der Waals surface area contributed by atoms with Crippen molar-refractivity contribution in [2.24, 2.45) is 0 Å². The summed E-state index contributed by atoms with van der Waals surface area (Å²) in [5.74, 6) is 0. The number of ether oxygens (including phenoxy) is 1. The summed E-state index contributed by atoms with van der Waals surface area (Å²) in [6.07, 6.45) is 2.57. The van der Waals surface area contributed by atoms with Crippen LogP contribution in [0.5, 0.6) is 0 Å². The summed E-state index contributed by atoms with van der Waals surface area (Å²) < 4.78 is 5.28. The van der Waals surface area contributed by atoms with Crippen LogP contribution in [-0.4, -0.2) is 23.3 Å². The van der Waals surface area contributed by atoms with Gasteiger partial charge in [0.2, 0.25) is 0 Å². The zero-order valence-corrected chi connectivity index (χ0v) is 8.36. The second-order valence-electron chi connectivity index (χ2n) is 4.08. The van der Waals surface area contributed by atoms with Crippen molar-refractivity contribution in [3.05, 3.63) is 36.0 Å². The lowest BCUT2D eigenvalue weighted by molar-refractivity contribution is 0.0245. The number of aromatic nitrogens is 1. The number of nitrogens with one attached hydrogen (secondary N) is 1. The number of rotatable bonds is 1. The first-order valence-electron chi connectivity index (χ1n) is 5.16. The SMILES string of the molecule is OC1(c2cccc3[nH]ccc23)CCOC1. The van der Waals surface area contributed by atoms with Gasteiger partial charge in [0, 0.05) is 30.1 Å². The van der Waals surface area contributed by atoms with Crippen molar-refractivity contribution in [3.63, 3.8) is 0 Å². The Kier molecular flexibility index (Phi) is 1.84. The summed E-state index contributed by atoms with van der Waals surface area (Å²) in [5, 5.41) is 11.5. The molecule has 0 saturated carbocycles. The highest BCUT2D eigenvalue weighted by molar-refractivity contribution is 5.83. The van der Waals surface area contributed by atoms with E-state index in [-0.39, 0.29) is 0 Å². The van der Waals surface area contributed by atoms with Gasteiger partial charge in [-0.15, -0.1) is 0 Å². The lowest BCUT2D eigenvalue weighted by Gasteiger charge is -2.21. The van der Waals surface area contributed by atoms with Gasteiger partial charge in [0.1, 0.15) is 5.60 Å². The second kappa shape index (κ2) is 3.08. The normalized spacial score (nSPS) is 26.2. The van der Waals surface area contributed by atoms with Crippen molar-refractivity contribution in [3.8, 4) is 0 Å². The molecule has 0 bridgehead atoms. The Morgan fingerprint density at radius 2 is 2.27 bits per heavy atom. The average molecular weight is 203 g/mol. The number of aromatic amines is 1. The van der Waals surface area contributed by atoms with E-state index in [4.69, 9.17) is 4.74 Å². The summed E-state index contributed by atoms with van der Waals surface area (Å²) >= 11 is 0. The molecule has 2 heterocycles. The molecule has 0 aliphatic carbocycles. The smallest absolute Gasteiger partial charge is 0.116 e. The maximum atomic E-state index is 10.4. The van der Waals surface area contributed by atoms with Gasteiger partial charge in [0.15, 0.2) is 0 Å². The molecule has 1 aromatic heterocycles. The highest BCUT2D eigenvalue weighted by atomic mass is 16.5. The van der Waals surface area contributed by atoms with Gasteiger partial charge in [0.25, 0.3) is 0 Å². The number of hydrogen-bond donors (Lipinski definition) is 2. The highest BCUT2D eigenvalue weighted by Crippen LogP contribution is 2.34. The van der Waals surface area contributed by atoms with E-state index in [1.165, 1.54) is 0 Å². The van der Waals surface area contributed by atoms with Crippen LogP contribution in [0.25, 0.3) is 10.9 Å². The Bertz CT molecular complexity index is 483. The second-order valence-corrected chi connectivity index (χ2v) is 4.08. The fraction of sp³-hybridized carbons (Fsp3) is 0.333. The number of benzene rings is 1. The molecule has 0 spiro atoms. The molecular formula is C12H13NO2. The minimum absolute atomic E-state index is 0.400. The van der Waals surface area contributed by atoms with Crippen LogP contribution in [-0.2, 0) is 10.3 Å². The third-order valence-electron chi connectivity index (χ3n) is 3.10. The average Bonchev–Trinajstić information content (AvgIpc) is 2.85. The van der Waals surface area contributed by atoms with Gasteiger partial charge >= 0.3 is 0 Å². The Balaban J connectivity index is 2.21. The van der Waals surface area contributed by atoms with E-state index in [2.05, 4.69) is 4.98 Å². The number of aliphatic hydroxyl groups is 1. The Morgan fingerprint density at radius 1 is 1.33 bits per heavy atom. The van der Waals surface area contributed by atoms with Gasteiger partial charge in [0.05, 0.1) is 6.61 Å². The maximum absolute atomic E-state index is 10.4. The topological polar surface area (TPSA) is 45.2 Å². The fourth-order valence-corrected chi connectivity index (χ4v) is 2.26. The van der Waals surface area contributed by atoms with Gasteiger partial charge in [-0.3, -0.25) is 0 Å². The molecule has 78 valence electrons. The van der Waals surface area contributed by atoms with Crippen LogP contribution >= 0.6 is 0 Å². The molecule has 1 aliphatic heterocycles. The third kappa shape index (κ3) is 1.28. The molecule has 0 amide bonds. The predicted octanol–water partition coefficient (Wildman–Crippen LogP) is 1.78. The van der Waals surface area contributed by atoms with Gasteiger partial charge in [-0.25, -0.2) is 0 Å². The van der Waals surface area contributed by atoms with Crippen molar-refractivity contribution in [2.45, 2.75) is 12.0 Å². The molecule has 1 aromatic carbocycles. The van der Waals surface area contributed by atoms with E-state index in [0.29, 0.717) is 19.6 Å². The van der Waals surface area contributed by atoms with Crippen LogP contribution in [0.3, 0.4) is 0 Å². The van der Waals surface area contributed by atoms with Gasteiger partial charge in [-0.1, -0.05) is 12.1 Å². The standard InChI is InChI=1S/C12H13NO2/c14-12(5-7-15-8-12)10-2-1-3-11-9(10)4-6-13-11/h1-4,6,13-14H,5,7-8H2. The van der Waals surface area contributed by atoms with Gasteiger partial charge in [-0.2, -0.15) is 0 Å². The van der Waals surface area contributed by atoms with E-state index in [0.717, 1.165) is 16.5 Å². The number of H-pyrrole nitrogens is 1. The summed E-state index contributed by atoms with van der Waals surface area (Å²) in [4.78, 5) is 3.15. The Morgan fingerprint density at radius 3 is 3.07 bits per heavy atom. The number of fused-ring (bicyclic) bond motifs is 1. The third-order valence-corrected chi connectivity index (χ3v) is 3.10. The van der Waals surface area contributed by atoms with Crippen LogP contribution in [0.1, 0.15) is 12.0 Å². The molecular weight excluding hydrogens is 190 g/mol. The Labute approximate surface area is 87.7 Å². The molecule has 1 fully saturated rings. The summed E-state index contributed by atoms with van der Waals surface area (Å²) in [6.45, 7) is 1.04. The summed E-state index contributed by atoms with van der Waals surface area (Å²) in [6, 6.07) is 7.95. The molecule has 3 heteroatoms. The molecule has 3 rings (SSSR count).